The molecule has 8 nitrogen and oxygen atoms in total. The van der Waals surface area contributed by atoms with Crippen LogP contribution in [-0.2, 0) is 0 Å². The standard InChI is InChI=1S/C18H20ClN5O.C2H4N2/c1-3-24(18(25)14-6-4-5-7-15(14)21)11-10-23(2)17-16(19)13(12-20)8-9-22-17;3-1-2-4/h4-9H,3,10-11,21H2,1-2H3;1-4H. The van der Waals surface area contributed by atoms with Gasteiger partial charge in [-0.3, -0.25) is 4.79 Å². The maximum absolute atomic E-state index is 12.7. The molecular weight excluding hydrogens is 390 g/mol. The Kier molecular flexibility index (Phi) is 9.85. The topological polar surface area (TPSA) is 134 Å². The molecule has 0 saturated heterocycles. The second-order valence-corrected chi connectivity index (χ2v) is 6.21. The van der Waals surface area contributed by atoms with Gasteiger partial charge in [0.25, 0.3) is 5.91 Å². The Morgan fingerprint density at radius 1 is 1.28 bits per heavy atom. The third-order valence-electron chi connectivity index (χ3n) is 4.00. The zero-order chi connectivity index (χ0) is 21.8. The molecule has 0 fully saturated rings. The van der Waals surface area contributed by atoms with Gasteiger partial charge < -0.3 is 26.4 Å². The highest BCUT2D eigenvalue weighted by Crippen LogP contribution is 2.25. The largest absolute Gasteiger partial charge is 0.398 e. The molecule has 0 aliphatic carbocycles. The van der Waals surface area contributed by atoms with Crippen LogP contribution in [0.4, 0.5) is 11.5 Å². The molecule has 0 spiro atoms. The molecule has 0 aliphatic heterocycles. The normalized spacial score (nSPS) is 9.45. The number of nitrogen functional groups attached to an aromatic ring is 1. The molecule has 1 aromatic heterocycles. The highest BCUT2D eigenvalue weighted by Gasteiger charge is 2.18. The number of nitrogens with one attached hydrogen (secondary N) is 2. The van der Waals surface area contributed by atoms with Crippen LogP contribution in [0.25, 0.3) is 0 Å². The number of para-hydroxylation sites is 1. The molecule has 0 saturated carbocycles. The molecule has 0 bridgehead atoms. The summed E-state index contributed by atoms with van der Waals surface area (Å²) in [6, 6.07) is 10.6. The summed E-state index contributed by atoms with van der Waals surface area (Å²) in [5.41, 5.74) is 7.23. The Labute approximate surface area is 175 Å². The molecule has 0 aliphatic rings. The zero-order valence-corrected chi connectivity index (χ0v) is 17.1. The Morgan fingerprint density at radius 3 is 2.48 bits per heavy atom. The molecule has 2 aromatic rings. The van der Waals surface area contributed by atoms with E-state index in [0.29, 0.717) is 47.3 Å². The fourth-order valence-corrected chi connectivity index (χ4v) is 2.73. The Bertz CT molecular complexity index is 889. The lowest BCUT2D eigenvalue weighted by atomic mass is 10.1. The van der Waals surface area contributed by atoms with Crippen LogP contribution in [0.2, 0.25) is 5.02 Å². The van der Waals surface area contributed by atoms with Crippen molar-refractivity contribution >= 4 is 41.4 Å². The van der Waals surface area contributed by atoms with Crippen molar-refractivity contribution in [3.05, 3.63) is 52.7 Å². The summed E-state index contributed by atoms with van der Waals surface area (Å²) in [7, 11) is 1.82. The maximum atomic E-state index is 12.7. The Balaban J connectivity index is 0.000000960. The third-order valence-corrected chi connectivity index (χ3v) is 4.37. The molecule has 29 heavy (non-hydrogen) atoms. The molecule has 0 unspecified atom stereocenters. The maximum Gasteiger partial charge on any atom is 0.255 e. The smallest absolute Gasteiger partial charge is 0.255 e. The Hall–Kier alpha value is -3.44. The summed E-state index contributed by atoms with van der Waals surface area (Å²) in [5, 5.41) is 21.5. The molecule has 1 heterocycles. The first-order valence-electron chi connectivity index (χ1n) is 8.80. The van der Waals surface area contributed by atoms with E-state index in [1.807, 2.05) is 24.9 Å². The summed E-state index contributed by atoms with van der Waals surface area (Å²) in [6.07, 6.45) is 3.38. The first kappa shape index (κ1) is 23.6. The lowest BCUT2D eigenvalue weighted by Crippen LogP contribution is -2.38. The SMILES string of the molecule is CCN(CCN(C)c1nccc(C#N)c1Cl)C(=O)c1ccccc1N.N=CC=N. The minimum atomic E-state index is -0.112. The van der Waals surface area contributed by atoms with Crippen molar-refractivity contribution < 1.29 is 4.79 Å². The zero-order valence-electron chi connectivity index (χ0n) is 16.4. The number of nitriles is 1. The fraction of sp³-hybridized carbons (Fsp3) is 0.250. The van der Waals surface area contributed by atoms with Crippen LogP contribution in [0, 0.1) is 22.1 Å². The molecular formula is C20H24ClN7O. The van der Waals surface area contributed by atoms with Gasteiger partial charge in [-0.1, -0.05) is 23.7 Å². The van der Waals surface area contributed by atoms with Gasteiger partial charge in [-0.2, -0.15) is 5.26 Å². The van der Waals surface area contributed by atoms with E-state index in [4.69, 9.17) is 33.4 Å². The Morgan fingerprint density at radius 2 is 1.93 bits per heavy atom. The third kappa shape index (κ3) is 6.59. The van der Waals surface area contributed by atoms with E-state index >= 15 is 0 Å². The van der Waals surface area contributed by atoms with E-state index in [2.05, 4.69) is 4.98 Å². The molecule has 4 N–H and O–H groups in total. The summed E-state index contributed by atoms with van der Waals surface area (Å²) < 4.78 is 0. The number of aromatic nitrogens is 1. The van der Waals surface area contributed by atoms with Gasteiger partial charge in [-0.05, 0) is 25.1 Å². The number of nitrogens with two attached hydrogens (primary N) is 1. The number of benzene rings is 1. The van der Waals surface area contributed by atoms with E-state index in [0.717, 1.165) is 12.4 Å². The average Bonchev–Trinajstić information content (AvgIpc) is 2.74. The summed E-state index contributed by atoms with van der Waals surface area (Å²) in [6.45, 7) is 3.47. The number of nitrogens with zero attached hydrogens (tertiary/aromatic N) is 4. The molecule has 0 atom stereocenters. The van der Waals surface area contributed by atoms with Crippen LogP contribution < -0.4 is 10.6 Å². The molecule has 152 valence electrons. The van der Waals surface area contributed by atoms with Gasteiger partial charge >= 0.3 is 0 Å². The quantitative estimate of drug-likeness (QED) is 0.473. The highest BCUT2D eigenvalue weighted by molar-refractivity contribution is 6.34. The fourth-order valence-electron chi connectivity index (χ4n) is 2.43. The van der Waals surface area contributed by atoms with Crippen molar-refractivity contribution in [2.24, 2.45) is 0 Å². The van der Waals surface area contributed by atoms with E-state index in [1.165, 1.54) is 0 Å². The number of carbonyl (C=O) groups excluding carboxylic acids is 1. The molecule has 1 aromatic carbocycles. The molecule has 9 heteroatoms. The molecule has 2 rings (SSSR count). The van der Waals surface area contributed by atoms with Crippen molar-refractivity contribution in [2.75, 3.05) is 37.3 Å². The van der Waals surface area contributed by atoms with E-state index < -0.39 is 0 Å². The first-order valence-corrected chi connectivity index (χ1v) is 9.18. The molecule has 1 amide bonds. The number of hydrogen-bond donors (Lipinski definition) is 3. The van der Waals surface area contributed by atoms with Crippen molar-refractivity contribution in [3.8, 4) is 6.07 Å². The number of rotatable bonds is 7. The number of likely N-dealkylation sites (N-methyl/N-ethyl adjacent to an activating group) is 2. The lowest BCUT2D eigenvalue weighted by molar-refractivity contribution is 0.0770. The van der Waals surface area contributed by atoms with Gasteiger partial charge in [0.05, 0.1) is 11.1 Å². The predicted molar refractivity (Wildman–Crippen MR) is 117 cm³/mol. The van der Waals surface area contributed by atoms with Gasteiger partial charge in [0.1, 0.15) is 16.9 Å². The number of pyridine rings is 1. The van der Waals surface area contributed by atoms with Crippen molar-refractivity contribution in [2.45, 2.75) is 6.92 Å². The monoisotopic (exact) mass is 413 g/mol. The van der Waals surface area contributed by atoms with Crippen LogP contribution >= 0.6 is 11.6 Å². The van der Waals surface area contributed by atoms with E-state index in [-0.39, 0.29) is 5.91 Å². The number of amides is 1. The van der Waals surface area contributed by atoms with Gasteiger partial charge in [-0.15, -0.1) is 0 Å². The van der Waals surface area contributed by atoms with Crippen molar-refractivity contribution in [3.63, 3.8) is 0 Å². The lowest BCUT2D eigenvalue weighted by Gasteiger charge is -2.26. The van der Waals surface area contributed by atoms with Crippen molar-refractivity contribution in [1.29, 1.82) is 16.1 Å². The van der Waals surface area contributed by atoms with Crippen molar-refractivity contribution in [1.82, 2.24) is 9.88 Å². The van der Waals surface area contributed by atoms with Gasteiger partial charge in [-0.25, -0.2) is 4.98 Å². The summed E-state index contributed by atoms with van der Waals surface area (Å²) in [4.78, 5) is 20.4. The van der Waals surface area contributed by atoms with Gasteiger partial charge in [0, 0.05) is 51.0 Å². The minimum Gasteiger partial charge on any atom is -0.398 e. The van der Waals surface area contributed by atoms with E-state index in [9.17, 15) is 4.79 Å². The van der Waals surface area contributed by atoms with Gasteiger partial charge in [0.15, 0.2) is 0 Å². The van der Waals surface area contributed by atoms with Crippen LogP contribution in [0.3, 0.4) is 0 Å². The van der Waals surface area contributed by atoms with Crippen LogP contribution in [0.15, 0.2) is 36.5 Å². The van der Waals surface area contributed by atoms with Crippen LogP contribution in [0.1, 0.15) is 22.8 Å². The van der Waals surface area contributed by atoms with Gasteiger partial charge in [0.2, 0.25) is 0 Å². The molecule has 0 radical (unpaired) electrons. The minimum absolute atomic E-state index is 0.112. The highest BCUT2D eigenvalue weighted by atomic mass is 35.5. The van der Waals surface area contributed by atoms with Crippen LogP contribution in [0.5, 0.6) is 0 Å². The number of hydrogen-bond acceptors (Lipinski definition) is 7. The number of carbonyl (C=O) groups is 1. The van der Waals surface area contributed by atoms with Crippen LogP contribution in [-0.4, -0.2) is 54.9 Å². The second-order valence-electron chi connectivity index (χ2n) is 5.83. The number of anilines is 2. The summed E-state index contributed by atoms with van der Waals surface area (Å²) >= 11 is 6.21. The average molecular weight is 414 g/mol. The summed E-state index contributed by atoms with van der Waals surface area (Å²) in [5.74, 6) is 0.405. The first-order chi connectivity index (χ1) is 13.9. The van der Waals surface area contributed by atoms with E-state index in [1.54, 1.807) is 41.4 Å². The predicted octanol–water partition coefficient (Wildman–Crippen LogP) is 3.07. The second kappa shape index (κ2) is 12.1. The number of halogens is 1.